The zero-order chi connectivity index (χ0) is 69.0. The molecular weight excluding hydrogens is 1250 g/mol. The minimum Gasteiger partial charge on any atom is -0.309 e. The molecule has 2 aliphatic rings. The summed E-state index contributed by atoms with van der Waals surface area (Å²) in [5.41, 5.74) is 17.4. The highest BCUT2D eigenvalue weighted by molar-refractivity contribution is 6.21. The first-order valence-corrected chi connectivity index (χ1v) is 34.7. The van der Waals surface area contributed by atoms with Crippen LogP contribution in [0.25, 0.3) is 55.0 Å². The van der Waals surface area contributed by atoms with Gasteiger partial charge in [0.05, 0.1) is 67.6 Å². The summed E-state index contributed by atoms with van der Waals surface area (Å²) in [6.45, 7) is 6.81. The number of hydrogen-bond donors (Lipinski definition) is 0. The average Bonchev–Trinajstić information content (AvgIpc) is 0.872. The van der Waals surface area contributed by atoms with Crippen LogP contribution in [-0.4, -0.2) is 32.3 Å². The molecule has 0 bridgehead atoms. The molecule has 2 aliphatic heterocycles. The molecule has 8 nitrogen and oxygen atoms in total. The van der Waals surface area contributed by atoms with Crippen molar-refractivity contribution >= 4 is 101 Å². The number of para-hydroxylation sites is 7. The summed E-state index contributed by atoms with van der Waals surface area (Å²) >= 11 is 0. The van der Waals surface area contributed by atoms with Gasteiger partial charge >= 0.3 is 0 Å². The van der Waals surface area contributed by atoms with Gasteiger partial charge in [0.15, 0.2) is 23.1 Å². The van der Waals surface area contributed by atoms with Crippen LogP contribution in [0, 0.1) is 0 Å². The van der Waals surface area contributed by atoms with Gasteiger partial charge in [0.1, 0.15) is 0 Å². The standard InChI is InChI=1S/C94H66N4O4/c1-93(2)72-43-19-26-50-79(72)97(80-51-27-20-44-73(80)93)86-57-71(92(102)63-37-14-7-15-38-63)87(58-70(86)91(101)62-35-12-6-13-36-62)98-81-52-28-21-45-74(81)94(3,75-46-22-29-53-82(75)98)59-64-39-30-54-83-88(64)67-42-18-25-49-78(67)96(83)85-56-68(89(99)60-31-8-4-9-32-60)84(55-69(85)90(100)61-33-10-5-11-34-61)95-76-47-23-16-40-65(76)66-41-17-24-48-77(66)95/h4-58H,59H2,1-3H3. The summed E-state index contributed by atoms with van der Waals surface area (Å²) in [7, 11) is 0. The van der Waals surface area contributed by atoms with Gasteiger partial charge in [0.2, 0.25) is 0 Å². The predicted octanol–water partition coefficient (Wildman–Crippen LogP) is 22.2. The summed E-state index contributed by atoms with van der Waals surface area (Å²) in [4.78, 5) is 68.0. The van der Waals surface area contributed by atoms with Gasteiger partial charge in [-0.05, 0) is 107 Å². The van der Waals surface area contributed by atoms with Crippen LogP contribution in [0.5, 0.6) is 0 Å². The van der Waals surface area contributed by atoms with Crippen molar-refractivity contribution in [1.29, 1.82) is 0 Å². The summed E-state index contributed by atoms with van der Waals surface area (Å²) in [6, 6.07) is 111. The Morgan fingerprint density at radius 3 is 0.951 bits per heavy atom. The highest BCUT2D eigenvalue weighted by Gasteiger charge is 2.44. The Hall–Kier alpha value is -13.0. The van der Waals surface area contributed by atoms with E-state index < -0.39 is 10.8 Å². The van der Waals surface area contributed by atoms with Crippen LogP contribution in [0.4, 0.5) is 34.1 Å². The van der Waals surface area contributed by atoms with Gasteiger partial charge in [-0.1, -0.05) is 282 Å². The minimum absolute atomic E-state index is 0.181. The quantitative estimate of drug-likeness (QED) is 0.101. The van der Waals surface area contributed by atoms with E-state index in [0.29, 0.717) is 73.7 Å². The Balaban J connectivity index is 0.852. The summed E-state index contributed by atoms with van der Waals surface area (Å²) in [5.74, 6) is -0.746. The van der Waals surface area contributed by atoms with E-state index in [-0.39, 0.29) is 23.1 Å². The zero-order valence-corrected chi connectivity index (χ0v) is 56.4. The van der Waals surface area contributed by atoms with Crippen LogP contribution in [0.1, 0.15) is 112 Å². The number of anilines is 6. The second-order valence-electron chi connectivity index (χ2n) is 27.5. The maximum Gasteiger partial charge on any atom is 0.195 e. The first-order valence-electron chi connectivity index (χ1n) is 34.7. The molecule has 102 heavy (non-hydrogen) atoms. The zero-order valence-electron chi connectivity index (χ0n) is 56.4. The molecule has 0 aliphatic carbocycles. The highest BCUT2D eigenvalue weighted by atomic mass is 16.1. The number of aromatic nitrogens is 2. The molecule has 0 N–H and O–H groups in total. The number of carbonyl (C=O) groups excluding carboxylic acids is 4. The van der Waals surface area contributed by atoms with Crippen LogP contribution < -0.4 is 9.80 Å². The van der Waals surface area contributed by atoms with Gasteiger partial charge in [0.25, 0.3) is 0 Å². The lowest BCUT2D eigenvalue weighted by molar-refractivity contribution is 0.102. The van der Waals surface area contributed by atoms with Crippen molar-refractivity contribution in [1.82, 2.24) is 9.13 Å². The molecule has 0 atom stereocenters. The van der Waals surface area contributed by atoms with Gasteiger partial charge in [-0.15, -0.1) is 0 Å². The normalized spacial score (nSPS) is 13.4. The van der Waals surface area contributed by atoms with E-state index in [0.717, 1.165) is 94.2 Å². The van der Waals surface area contributed by atoms with Crippen LogP contribution in [0.15, 0.2) is 334 Å². The Labute approximate surface area is 590 Å². The molecule has 0 saturated heterocycles. The molecule has 0 saturated carbocycles. The van der Waals surface area contributed by atoms with Crippen molar-refractivity contribution in [2.24, 2.45) is 0 Å². The molecule has 0 amide bonds. The van der Waals surface area contributed by atoms with Gasteiger partial charge in [-0.3, -0.25) is 19.2 Å². The van der Waals surface area contributed by atoms with E-state index in [1.165, 1.54) is 0 Å². The van der Waals surface area contributed by atoms with Gasteiger partial charge in [-0.2, -0.15) is 0 Å². The molecule has 0 radical (unpaired) electrons. The van der Waals surface area contributed by atoms with E-state index >= 15 is 19.2 Å². The van der Waals surface area contributed by atoms with Crippen molar-refractivity contribution in [3.8, 4) is 11.4 Å². The fourth-order valence-electron chi connectivity index (χ4n) is 16.6. The summed E-state index contributed by atoms with van der Waals surface area (Å²) < 4.78 is 4.34. The summed E-state index contributed by atoms with van der Waals surface area (Å²) in [6.07, 6.45) is 0.511. The molecule has 0 fully saturated rings. The molecule has 486 valence electrons. The second-order valence-corrected chi connectivity index (χ2v) is 27.5. The molecule has 18 rings (SSSR count). The number of carbonyl (C=O) groups is 4. The third-order valence-corrected chi connectivity index (χ3v) is 21.3. The first kappa shape index (κ1) is 61.3. The molecule has 8 heteroatoms. The van der Waals surface area contributed by atoms with E-state index in [2.05, 4.69) is 185 Å². The average molecular weight is 1320 g/mol. The van der Waals surface area contributed by atoms with Crippen molar-refractivity contribution in [2.75, 3.05) is 9.80 Å². The van der Waals surface area contributed by atoms with E-state index in [1.807, 2.05) is 188 Å². The first-order chi connectivity index (χ1) is 50.0. The second kappa shape index (κ2) is 24.2. The van der Waals surface area contributed by atoms with E-state index in [9.17, 15) is 0 Å². The lowest BCUT2D eigenvalue weighted by Crippen LogP contribution is -2.35. The molecule has 0 unspecified atom stereocenters. The fraction of sp³-hybridized carbons (Fsp3) is 0.0638. The minimum atomic E-state index is -0.741. The number of rotatable bonds is 14. The number of fused-ring (bicyclic) bond motifs is 10. The Morgan fingerprint density at radius 1 is 0.265 bits per heavy atom. The van der Waals surface area contributed by atoms with Crippen molar-refractivity contribution in [3.05, 3.63) is 406 Å². The maximum atomic E-state index is 16.1. The Kier molecular flexibility index (Phi) is 14.5. The van der Waals surface area contributed by atoms with Crippen LogP contribution >= 0.6 is 0 Å². The van der Waals surface area contributed by atoms with Gasteiger partial charge in [0, 0.05) is 76.9 Å². The topological polar surface area (TPSA) is 84.6 Å². The van der Waals surface area contributed by atoms with Gasteiger partial charge in [-0.25, -0.2) is 0 Å². The van der Waals surface area contributed by atoms with Crippen molar-refractivity contribution < 1.29 is 19.2 Å². The predicted molar refractivity (Wildman–Crippen MR) is 413 cm³/mol. The maximum absolute atomic E-state index is 16.1. The number of ketones is 4. The molecule has 0 spiro atoms. The number of hydrogen-bond acceptors (Lipinski definition) is 6. The molecular formula is C94H66N4O4. The lowest BCUT2D eigenvalue weighted by atomic mass is 9.68. The molecule has 16 aromatic rings. The largest absolute Gasteiger partial charge is 0.309 e. The van der Waals surface area contributed by atoms with Crippen LogP contribution in [0.3, 0.4) is 0 Å². The van der Waals surface area contributed by atoms with Crippen molar-refractivity contribution in [3.63, 3.8) is 0 Å². The third kappa shape index (κ3) is 9.58. The highest BCUT2D eigenvalue weighted by Crippen LogP contribution is 2.58. The smallest absolute Gasteiger partial charge is 0.195 e. The van der Waals surface area contributed by atoms with Crippen LogP contribution in [0.2, 0.25) is 0 Å². The number of benzene rings is 14. The van der Waals surface area contributed by atoms with Gasteiger partial charge < -0.3 is 18.9 Å². The number of nitrogens with zero attached hydrogens (tertiary/aromatic N) is 4. The molecule has 14 aromatic carbocycles. The van der Waals surface area contributed by atoms with E-state index in [1.54, 1.807) is 0 Å². The fourth-order valence-corrected chi connectivity index (χ4v) is 16.6. The lowest BCUT2D eigenvalue weighted by Gasteiger charge is -2.45. The van der Waals surface area contributed by atoms with Crippen molar-refractivity contribution in [2.45, 2.75) is 38.0 Å². The third-order valence-electron chi connectivity index (χ3n) is 21.3. The Bertz CT molecular complexity index is 5980. The monoisotopic (exact) mass is 1310 g/mol. The molecule has 4 heterocycles. The molecule has 2 aromatic heterocycles. The van der Waals surface area contributed by atoms with E-state index in [4.69, 9.17) is 0 Å². The van der Waals surface area contributed by atoms with Crippen LogP contribution in [-0.2, 0) is 17.3 Å². The SMILES string of the molecule is CC1(C)c2ccccc2N(c2cc(C(=O)c3ccccc3)c(N3c4ccccc4C(C)(Cc4cccc5c4c4ccccc4n5-c4cc(C(=O)c5ccccc5)c(-n5c6ccccc6c6ccccc65)cc4C(=O)c4ccccc4)c4ccccc43)cc2C(=O)c2ccccc2)c2ccccc21. The Morgan fingerprint density at radius 2 is 0.549 bits per heavy atom. The summed E-state index contributed by atoms with van der Waals surface area (Å²) in [5, 5.41) is 4.05.